The summed E-state index contributed by atoms with van der Waals surface area (Å²) in [4.78, 5) is 11.8. The minimum absolute atomic E-state index is 0.170. The molecule has 4 rings (SSSR count). The van der Waals surface area contributed by atoms with Gasteiger partial charge in [-0.25, -0.2) is 9.97 Å². The molecule has 2 aromatic rings. The van der Waals surface area contributed by atoms with E-state index in [2.05, 4.69) is 22.0 Å². The maximum absolute atomic E-state index is 6.00. The molecule has 0 spiro atoms. The van der Waals surface area contributed by atoms with Crippen molar-refractivity contribution in [2.45, 2.75) is 32.5 Å². The van der Waals surface area contributed by atoms with E-state index in [1.54, 1.807) is 7.11 Å². The second kappa shape index (κ2) is 7.60. The molecule has 6 heteroatoms. The highest BCUT2D eigenvalue weighted by atomic mass is 16.5. The monoisotopic (exact) mass is 355 g/mol. The summed E-state index contributed by atoms with van der Waals surface area (Å²) >= 11 is 0. The second-order valence-corrected chi connectivity index (χ2v) is 6.81. The van der Waals surface area contributed by atoms with Crippen LogP contribution in [0.5, 0.6) is 5.75 Å². The fraction of sp³-hybridized carbons (Fsp3) is 0.500. The molecule has 1 atom stereocenters. The average molecular weight is 355 g/mol. The van der Waals surface area contributed by atoms with Gasteiger partial charge in [-0.05, 0) is 25.0 Å². The number of aromatic nitrogens is 2. The first-order valence-corrected chi connectivity index (χ1v) is 9.17. The van der Waals surface area contributed by atoms with Crippen molar-refractivity contribution in [2.75, 3.05) is 38.3 Å². The quantitative estimate of drug-likeness (QED) is 0.840. The number of fused-ring (bicyclic) bond motifs is 2. The first kappa shape index (κ1) is 17.2. The summed E-state index contributed by atoms with van der Waals surface area (Å²) in [5, 5.41) is 0. The Bertz CT molecular complexity index is 781. The van der Waals surface area contributed by atoms with E-state index >= 15 is 0 Å². The Labute approximate surface area is 154 Å². The lowest BCUT2D eigenvalue weighted by Crippen LogP contribution is -2.44. The van der Waals surface area contributed by atoms with E-state index in [1.807, 2.05) is 19.1 Å². The largest absolute Gasteiger partial charge is 0.487 e. The van der Waals surface area contributed by atoms with E-state index in [0.29, 0.717) is 19.8 Å². The van der Waals surface area contributed by atoms with Crippen LogP contribution < -0.4 is 9.64 Å². The predicted molar refractivity (Wildman–Crippen MR) is 98.8 cm³/mol. The van der Waals surface area contributed by atoms with Gasteiger partial charge in [0.2, 0.25) is 0 Å². The average Bonchev–Trinajstić information content (AvgIpc) is 2.85. The van der Waals surface area contributed by atoms with Gasteiger partial charge < -0.3 is 19.1 Å². The third-order valence-corrected chi connectivity index (χ3v) is 4.97. The highest BCUT2D eigenvalue weighted by Crippen LogP contribution is 2.32. The van der Waals surface area contributed by atoms with Crippen LogP contribution in [0, 0.1) is 6.92 Å². The first-order valence-electron chi connectivity index (χ1n) is 9.17. The lowest BCUT2D eigenvalue weighted by molar-refractivity contribution is 0.0188. The number of aryl methyl sites for hydroxylation is 1. The zero-order valence-corrected chi connectivity index (χ0v) is 15.4. The number of para-hydroxylation sites is 1. The normalized spacial score (nSPS) is 19.3. The Morgan fingerprint density at radius 1 is 1.27 bits per heavy atom. The summed E-state index contributed by atoms with van der Waals surface area (Å²) in [6.07, 6.45) is 1.86. The SMILES string of the molecule is COCCC1CN(c2nc(C)nc3c2Cc2ccccc2OC3)CCO1. The smallest absolute Gasteiger partial charge is 0.136 e. The minimum atomic E-state index is 0.170. The molecule has 1 unspecified atom stereocenters. The van der Waals surface area contributed by atoms with Crippen LogP contribution in [-0.4, -0.2) is 49.5 Å². The van der Waals surface area contributed by atoms with Crippen molar-refractivity contribution in [1.82, 2.24) is 9.97 Å². The van der Waals surface area contributed by atoms with Crippen LogP contribution in [0.1, 0.15) is 29.1 Å². The van der Waals surface area contributed by atoms with Crippen molar-refractivity contribution in [3.63, 3.8) is 0 Å². The predicted octanol–water partition coefficient (Wildman–Crippen LogP) is 2.51. The Morgan fingerprint density at radius 3 is 3.04 bits per heavy atom. The number of rotatable bonds is 4. The van der Waals surface area contributed by atoms with Crippen LogP contribution in [0.4, 0.5) is 5.82 Å². The fourth-order valence-corrected chi connectivity index (χ4v) is 3.66. The fourth-order valence-electron chi connectivity index (χ4n) is 3.66. The molecule has 2 aliphatic heterocycles. The molecule has 0 aliphatic carbocycles. The molecule has 0 amide bonds. The Kier molecular flexibility index (Phi) is 5.04. The van der Waals surface area contributed by atoms with Gasteiger partial charge in [-0.2, -0.15) is 0 Å². The zero-order valence-electron chi connectivity index (χ0n) is 15.4. The van der Waals surface area contributed by atoms with Crippen molar-refractivity contribution >= 4 is 5.82 Å². The Hall–Kier alpha value is -2.18. The molecule has 0 saturated carbocycles. The number of hydrogen-bond donors (Lipinski definition) is 0. The lowest BCUT2D eigenvalue weighted by atomic mass is 10.0. The van der Waals surface area contributed by atoms with Gasteiger partial charge in [0.05, 0.1) is 18.4 Å². The second-order valence-electron chi connectivity index (χ2n) is 6.81. The van der Waals surface area contributed by atoms with Gasteiger partial charge in [0.1, 0.15) is 24.0 Å². The van der Waals surface area contributed by atoms with Crippen LogP contribution in [0.15, 0.2) is 24.3 Å². The molecular formula is C20H25N3O3. The molecule has 0 bridgehead atoms. The summed E-state index contributed by atoms with van der Waals surface area (Å²) in [7, 11) is 1.73. The van der Waals surface area contributed by atoms with E-state index in [0.717, 1.165) is 49.0 Å². The number of hydrogen-bond acceptors (Lipinski definition) is 6. The van der Waals surface area contributed by atoms with Crippen molar-refractivity contribution < 1.29 is 14.2 Å². The van der Waals surface area contributed by atoms with Gasteiger partial charge in [0.25, 0.3) is 0 Å². The summed E-state index contributed by atoms with van der Waals surface area (Å²) in [5.41, 5.74) is 3.35. The van der Waals surface area contributed by atoms with E-state index in [-0.39, 0.29) is 6.10 Å². The number of nitrogens with zero attached hydrogens (tertiary/aromatic N) is 3. The molecular weight excluding hydrogens is 330 g/mol. The molecule has 0 radical (unpaired) electrons. The van der Waals surface area contributed by atoms with Crippen molar-refractivity contribution in [2.24, 2.45) is 0 Å². The van der Waals surface area contributed by atoms with Crippen molar-refractivity contribution in [3.8, 4) is 5.75 Å². The van der Waals surface area contributed by atoms with Crippen LogP contribution in [0.3, 0.4) is 0 Å². The third-order valence-electron chi connectivity index (χ3n) is 4.97. The zero-order chi connectivity index (χ0) is 17.9. The lowest BCUT2D eigenvalue weighted by Gasteiger charge is -2.35. The highest BCUT2D eigenvalue weighted by molar-refractivity contribution is 5.54. The molecule has 2 aliphatic rings. The van der Waals surface area contributed by atoms with E-state index < -0.39 is 0 Å². The van der Waals surface area contributed by atoms with E-state index in [4.69, 9.17) is 19.2 Å². The topological polar surface area (TPSA) is 56.7 Å². The standard InChI is InChI=1S/C20H25N3O3/c1-14-21-18-13-26-19-6-4-3-5-15(19)11-17(18)20(22-14)23-8-10-25-16(12-23)7-9-24-2/h3-6,16H,7-13H2,1-2H3. The van der Waals surface area contributed by atoms with Crippen LogP contribution in [-0.2, 0) is 22.5 Å². The van der Waals surface area contributed by atoms with E-state index in [9.17, 15) is 0 Å². The van der Waals surface area contributed by atoms with Gasteiger partial charge in [-0.3, -0.25) is 0 Å². The molecule has 138 valence electrons. The van der Waals surface area contributed by atoms with Crippen LogP contribution >= 0.6 is 0 Å². The summed E-state index contributed by atoms with van der Waals surface area (Å²) < 4.78 is 17.1. The van der Waals surface area contributed by atoms with Crippen molar-refractivity contribution in [1.29, 1.82) is 0 Å². The Balaban J connectivity index is 1.66. The maximum Gasteiger partial charge on any atom is 0.136 e. The number of methoxy groups -OCH3 is 1. The van der Waals surface area contributed by atoms with Crippen LogP contribution in [0.25, 0.3) is 0 Å². The van der Waals surface area contributed by atoms with Gasteiger partial charge in [0.15, 0.2) is 0 Å². The molecule has 1 aromatic heterocycles. The summed E-state index contributed by atoms with van der Waals surface area (Å²) in [5.74, 6) is 2.75. The molecule has 6 nitrogen and oxygen atoms in total. The Morgan fingerprint density at radius 2 is 2.15 bits per heavy atom. The van der Waals surface area contributed by atoms with Gasteiger partial charge in [-0.15, -0.1) is 0 Å². The molecule has 0 N–H and O–H groups in total. The van der Waals surface area contributed by atoms with Crippen molar-refractivity contribution in [3.05, 3.63) is 46.9 Å². The van der Waals surface area contributed by atoms with Gasteiger partial charge >= 0.3 is 0 Å². The number of morpholine rings is 1. The van der Waals surface area contributed by atoms with Gasteiger partial charge in [0, 0.05) is 38.8 Å². The number of anilines is 1. The highest BCUT2D eigenvalue weighted by Gasteiger charge is 2.27. The summed E-state index contributed by atoms with van der Waals surface area (Å²) in [6.45, 7) is 5.52. The maximum atomic E-state index is 6.00. The third kappa shape index (κ3) is 3.52. The van der Waals surface area contributed by atoms with Gasteiger partial charge in [-0.1, -0.05) is 18.2 Å². The number of ether oxygens (including phenoxy) is 3. The number of benzene rings is 1. The molecule has 3 heterocycles. The molecule has 1 fully saturated rings. The summed E-state index contributed by atoms with van der Waals surface area (Å²) in [6, 6.07) is 8.21. The molecule has 1 saturated heterocycles. The van der Waals surface area contributed by atoms with Crippen LogP contribution in [0.2, 0.25) is 0 Å². The first-order chi connectivity index (χ1) is 12.7. The molecule has 26 heavy (non-hydrogen) atoms. The molecule has 1 aromatic carbocycles. The van der Waals surface area contributed by atoms with E-state index in [1.165, 1.54) is 11.1 Å². The minimum Gasteiger partial charge on any atom is -0.487 e.